The van der Waals surface area contributed by atoms with Crippen LogP contribution in [0.4, 0.5) is 4.79 Å². The fraction of sp³-hybridized carbons (Fsp3) is 0.579. The van der Waals surface area contributed by atoms with Crippen LogP contribution in [0.3, 0.4) is 0 Å². The Morgan fingerprint density at radius 2 is 2.17 bits per heavy atom. The Hall–Kier alpha value is -1.91. The van der Waals surface area contributed by atoms with Crippen LogP contribution in [0.2, 0.25) is 0 Å². The lowest BCUT2D eigenvalue weighted by molar-refractivity contribution is -0.117. The molecule has 10 heteroatoms. The van der Waals surface area contributed by atoms with E-state index >= 15 is 0 Å². The maximum absolute atomic E-state index is 13.3. The zero-order valence-corrected chi connectivity index (χ0v) is 18.5. The van der Waals surface area contributed by atoms with Crippen LogP contribution in [0.5, 0.6) is 0 Å². The van der Waals surface area contributed by atoms with Crippen molar-refractivity contribution in [1.82, 2.24) is 20.2 Å². The summed E-state index contributed by atoms with van der Waals surface area (Å²) in [5.41, 5.74) is 0.951. The average Bonchev–Trinajstić information content (AvgIpc) is 3.29. The van der Waals surface area contributed by atoms with Crippen LogP contribution >= 0.6 is 23.1 Å². The number of hydrogen-bond acceptors (Lipinski definition) is 7. The second kappa shape index (κ2) is 9.73. The van der Waals surface area contributed by atoms with Crippen molar-refractivity contribution >= 4 is 45.3 Å². The van der Waals surface area contributed by atoms with Crippen molar-refractivity contribution in [2.45, 2.75) is 57.8 Å². The lowest BCUT2D eigenvalue weighted by Crippen LogP contribution is -2.40. The average molecular weight is 439 g/mol. The Kier molecular flexibility index (Phi) is 7.31. The van der Waals surface area contributed by atoms with Gasteiger partial charge in [0, 0.05) is 18.0 Å². The normalized spacial score (nSPS) is 16.3. The molecular formula is C19H26N4O4S2. The number of urea groups is 1. The number of nitrogens with zero attached hydrogens (tertiary/aromatic N) is 2. The Morgan fingerprint density at radius 1 is 1.38 bits per heavy atom. The first-order chi connectivity index (χ1) is 13.9. The van der Waals surface area contributed by atoms with Gasteiger partial charge in [0.05, 0.1) is 23.8 Å². The number of thiophene rings is 1. The number of amides is 3. The minimum atomic E-state index is -0.528. The van der Waals surface area contributed by atoms with E-state index in [1.807, 2.05) is 13.8 Å². The summed E-state index contributed by atoms with van der Waals surface area (Å²) in [5.74, 6) is -0.443. The van der Waals surface area contributed by atoms with Crippen LogP contribution in [0.15, 0.2) is 9.95 Å². The van der Waals surface area contributed by atoms with Crippen molar-refractivity contribution in [2.75, 3.05) is 18.9 Å². The van der Waals surface area contributed by atoms with Gasteiger partial charge in [0.25, 0.3) is 5.56 Å². The van der Waals surface area contributed by atoms with E-state index in [4.69, 9.17) is 9.72 Å². The molecule has 8 nitrogen and oxygen atoms in total. The third-order valence-corrected chi connectivity index (χ3v) is 6.78. The summed E-state index contributed by atoms with van der Waals surface area (Å²) >= 11 is 2.66. The van der Waals surface area contributed by atoms with Crippen LogP contribution in [0.25, 0.3) is 10.2 Å². The molecule has 1 atom stereocenters. The lowest BCUT2D eigenvalue weighted by atomic mass is 10.1. The molecule has 0 spiro atoms. The number of thioether (sulfide) groups is 1. The summed E-state index contributed by atoms with van der Waals surface area (Å²) in [6.07, 6.45) is 2.62. The molecule has 1 fully saturated rings. The lowest BCUT2D eigenvalue weighted by Gasteiger charge is -2.16. The van der Waals surface area contributed by atoms with Gasteiger partial charge >= 0.3 is 6.03 Å². The van der Waals surface area contributed by atoms with E-state index < -0.39 is 11.9 Å². The molecule has 3 heterocycles. The molecule has 0 radical (unpaired) electrons. The molecule has 3 amide bonds. The van der Waals surface area contributed by atoms with E-state index in [-0.39, 0.29) is 17.4 Å². The maximum Gasteiger partial charge on any atom is 0.321 e. The van der Waals surface area contributed by atoms with E-state index in [0.29, 0.717) is 35.1 Å². The van der Waals surface area contributed by atoms with Gasteiger partial charge in [0.15, 0.2) is 5.16 Å². The zero-order chi connectivity index (χ0) is 21.0. The SMILES string of the molecule is CCNC(=O)NC(=O)CSc1nc2sc(C)c(CC)c2c(=O)n1CC1CCCO1. The molecule has 0 bridgehead atoms. The highest BCUT2D eigenvalue weighted by molar-refractivity contribution is 7.99. The summed E-state index contributed by atoms with van der Waals surface area (Å²) in [7, 11) is 0. The number of rotatable bonds is 7. The van der Waals surface area contributed by atoms with Gasteiger partial charge in [-0.1, -0.05) is 18.7 Å². The second-order valence-corrected chi connectivity index (χ2v) is 8.96. The number of aromatic nitrogens is 2. The molecule has 0 saturated carbocycles. The molecular weight excluding hydrogens is 412 g/mol. The van der Waals surface area contributed by atoms with E-state index in [0.717, 1.165) is 41.5 Å². The van der Waals surface area contributed by atoms with Crippen molar-refractivity contribution in [3.05, 3.63) is 20.8 Å². The summed E-state index contributed by atoms with van der Waals surface area (Å²) in [6, 6.07) is -0.528. The van der Waals surface area contributed by atoms with Crippen molar-refractivity contribution < 1.29 is 14.3 Å². The first-order valence-electron chi connectivity index (χ1n) is 9.79. The van der Waals surface area contributed by atoms with Gasteiger partial charge in [0.2, 0.25) is 5.91 Å². The smallest absolute Gasteiger partial charge is 0.321 e. The molecule has 2 N–H and O–H groups in total. The van der Waals surface area contributed by atoms with E-state index in [1.165, 1.54) is 11.3 Å². The van der Waals surface area contributed by atoms with E-state index in [2.05, 4.69) is 10.6 Å². The Morgan fingerprint density at radius 3 is 2.83 bits per heavy atom. The summed E-state index contributed by atoms with van der Waals surface area (Å²) < 4.78 is 7.35. The predicted molar refractivity (Wildman–Crippen MR) is 115 cm³/mol. The van der Waals surface area contributed by atoms with Crippen LogP contribution < -0.4 is 16.2 Å². The molecule has 0 aromatic carbocycles. The molecule has 158 valence electrons. The zero-order valence-electron chi connectivity index (χ0n) is 16.9. The third kappa shape index (κ3) is 4.99. The highest BCUT2D eigenvalue weighted by Gasteiger charge is 2.23. The topological polar surface area (TPSA) is 102 Å². The molecule has 2 aromatic heterocycles. The molecule has 1 saturated heterocycles. The van der Waals surface area contributed by atoms with Crippen molar-refractivity contribution in [1.29, 1.82) is 0 Å². The number of imide groups is 1. The number of ether oxygens (including phenoxy) is 1. The summed E-state index contributed by atoms with van der Waals surface area (Å²) in [4.78, 5) is 43.4. The standard InChI is InChI=1S/C19H26N4O4S2/c1-4-13-11(3)29-16-15(13)17(25)23(9-12-7-6-8-27-12)19(22-16)28-10-14(24)21-18(26)20-5-2/h12H,4-10H2,1-3H3,(H2,20,21,24,26). The Bertz CT molecular complexity index is 963. The van der Waals surface area contributed by atoms with Gasteiger partial charge in [-0.05, 0) is 38.7 Å². The molecule has 1 aliphatic heterocycles. The van der Waals surface area contributed by atoms with E-state index in [9.17, 15) is 14.4 Å². The molecule has 2 aromatic rings. The Labute approximate surface area is 177 Å². The fourth-order valence-electron chi connectivity index (χ4n) is 3.42. The number of hydrogen-bond donors (Lipinski definition) is 2. The molecule has 0 aliphatic carbocycles. The molecule has 3 rings (SSSR count). The van der Waals surface area contributed by atoms with Crippen LogP contribution in [0, 0.1) is 6.92 Å². The highest BCUT2D eigenvalue weighted by Crippen LogP contribution is 2.30. The van der Waals surface area contributed by atoms with Gasteiger partial charge in [0.1, 0.15) is 4.83 Å². The van der Waals surface area contributed by atoms with Crippen LogP contribution in [0.1, 0.15) is 37.1 Å². The largest absolute Gasteiger partial charge is 0.376 e. The minimum absolute atomic E-state index is 0.00834. The number of carbonyl (C=O) groups is 2. The molecule has 1 unspecified atom stereocenters. The first-order valence-corrected chi connectivity index (χ1v) is 11.6. The molecule has 1 aliphatic rings. The Balaban J connectivity index is 1.90. The van der Waals surface area contributed by atoms with E-state index in [1.54, 1.807) is 11.5 Å². The third-order valence-electron chi connectivity index (χ3n) is 4.76. The van der Waals surface area contributed by atoms with Gasteiger partial charge in [-0.3, -0.25) is 19.5 Å². The summed E-state index contributed by atoms with van der Waals surface area (Å²) in [5, 5.41) is 5.94. The van der Waals surface area contributed by atoms with Crippen LogP contribution in [-0.2, 0) is 22.5 Å². The predicted octanol–water partition coefficient (Wildman–Crippen LogP) is 2.45. The summed E-state index contributed by atoms with van der Waals surface area (Å²) in [6.45, 7) is 7.36. The van der Waals surface area contributed by atoms with Crippen molar-refractivity contribution in [3.63, 3.8) is 0 Å². The van der Waals surface area contributed by atoms with Crippen LogP contribution in [-0.4, -0.2) is 46.5 Å². The van der Waals surface area contributed by atoms with Gasteiger partial charge in [-0.25, -0.2) is 9.78 Å². The number of carbonyl (C=O) groups excluding carboxylic acids is 2. The number of nitrogens with one attached hydrogen (secondary N) is 2. The van der Waals surface area contributed by atoms with Gasteiger partial charge in [-0.2, -0.15) is 0 Å². The van der Waals surface area contributed by atoms with Gasteiger partial charge < -0.3 is 10.1 Å². The van der Waals surface area contributed by atoms with Crippen molar-refractivity contribution in [2.24, 2.45) is 0 Å². The molecule has 29 heavy (non-hydrogen) atoms. The quantitative estimate of drug-likeness (QED) is 0.509. The monoisotopic (exact) mass is 438 g/mol. The first kappa shape index (κ1) is 21.8. The maximum atomic E-state index is 13.3. The second-order valence-electron chi connectivity index (χ2n) is 6.81. The van der Waals surface area contributed by atoms with Gasteiger partial charge in [-0.15, -0.1) is 11.3 Å². The number of fused-ring (bicyclic) bond motifs is 1. The highest BCUT2D eigenvalue weighted by atomic mass is 32.2. The number of aryl methyl sites for hydroxylation is 2. The fourth-order valence-corrected chi connectivity index (χ4v) is 5.38. The van der Waals surface area contributed by atoms with Crippen molar-refractivity contribution in [3.8, 4) is 0 Å². The minimum Gasteiger partial charge on any atom is -0.376 e.